The van der Waals surface area contributed by atoms with Gasteiger partial charge < -0.3 is 25.8 Å². The number of amides is 1. The van der Waals surface area contributed by atoms with Gasteiger partial charge in [-0.25, -0.2) is 0 Å². The quantitative estimate of drug-likeness (QED) is 0.329. The molecule has 1 fully saturated rings. The average molecular weight is 357 g/mol. The van der Waals surface area contributed by atoms with Crippen molar-refractivity contribution in [3.63, 3.8) is 0 Å². The van der Waals surface area contributed by atoms with Crippen LogP contribution in [0.5, 0.6) is 0 Å². The van der Waals surface area contributed by atoms with E-state index in [1.165, 1.54) is 0 Å². The maximum absolute atomic E-state index is 11.7. The van der Waals surface area contributed by atoms with E-state index >= 15 is 0 Å². The van der Waals surface area contributed by atoms with Gasteiger partial charge in [-0.1, -0.05) is 0 Å². The molecular formula is C17H35N5O3. The van der Waals surface area contributed by atoms with Crippen LogP contribution in [0, 0.1) is 0 Å². The van der Waals surface area contributed by atoms with Crippen molar-refractivity contribution in [2.45, 2.75) is 45.8 Å². The van der Waals surface area contributed by atoms with E-state index < -0.39 is 5.60 Å². The Labute approximate surface area is 151 Å². The number of β-amino-alcohol motifs (C(OH)–C–C–N with tert-alkyl or cyclic N) is 1. The Morgan fingerprint density at radius 3 is 2.60 bits per heavy atom. The number of nitrogens with zero attached hydrogens (tertiary/aromatic N) is 2. The summed E-state index contributed by atoms with van der Waals surface area (Å²) in [7, 11) is 0. The molecule has 8 heteroatoms. The van der Waals surface area contributed by atoms with Gasteiger partial charge in [0, 0.05) is 45.2 Å². The fourth-order valence-corrected chi connectivity index (χ4v) is 2.57. The summed E-state index contributed by atoms with van der Waals surface area (Å²) in [6.45, 7) is 12.8. The van der Waals surface area contributed by atoms with Crippen LogP contribution in [0.15, 0.2) is 4.99 Å². The Hall–Kier alpha value is -1.38. The van der Waals surface area contributed by atoms with E-state index in [-0.39, 0.29) is 18.5 Å². The first-order valence-electron chi connectivity index (χ1n) is 9.16. The zero-order valence-electron chi connectivity index (χ0n) is 16.1. The fraction of sp³-hybridized carbons (Fsp3) is 0.882. The molecule has 1 unspecified atom stereocenters. The van der Waals surface area contributed by atoms with Gasteiger partial charge in [0.1, 0.15) is 0 Å². The van der Waals surface area contributed by atoms with Crippen molar-refractivity contribution in [2.75, 3.05) is 52.5 Å². The molecule has 146 valence electrons. The second kappa shape index (κ2) is 11.3. The van der Waals surface area contributed by atoms with Crippen LogP contribution in [-0.2, 0) is 9.53 Å². The average Bonchev–Trinajstić information content (AvgIpc) is 2.52. The molecule has 1 saturated heterocycles. The first-order valence-corrected chi connectivity index (χ1v) is 9.16. The Kier molecular flexibility index (Phi) is 9.77. The molecule has 1 rings (SSSR count). The highest BCUT2D eigenvalue weighted by atomic mass is 16.5. The van der Waals surface area contributed by atoms with Crippen LogP contribution in [0.4, 0.5) is 0 Å². The number of carbonyl (C=O) groups excluding carboxylic acids is 1. The Morgan fingerprint density at radius 2 is 2.00 bits per heavy atom. The van der Waals surface area contributed by atoms with Gasteiger partial charge in [0.15, 0.2) is 5.96 Å². The van der Waals surface area contributed by atoms with Crippen molar-refractivity contribution < 1.29 is 14.6 Å². The SMILES string of the molecule is CCNC(=NCC(C)(O)CN1CCOCC1)NCCC(=O)NC(C)C. The van der Waals surface area contributed by atoms with Crippen LogP contribution >= 0.6 is 0 Å². The predicted molar refractivity (Wildman–Crippen MR) is 99.8 cm³/mol. The van der Waals surface area contributed by atoms with E-state index in [0.29, 0.717) is 38.7 Å². The summed E-state index contributed by atoms with van der Waals surface area (Å²) in [5.41, 5.74) is -0.908. The van der Waals surface area contributed by atoms with Crippen LogP contribution in [0.2, 0.25) is 0 Å². The van der Waals surface area contributed by atoms with E-state index in [2.05, 4.69) is 25.8 Å². The standard InChI is InChI=1S/C17H35N5O3/c1-5-18-16(19-7-6-15(23)21-14(2)3)20-12-17(4,24)13-22-8-10-25-11-9-22/h14,24H,5-13H2,1-4H3,(H,21,23)(H2,18,19,20). The minimum atomic E-state index is -0.908. The predicted octanol–water partition coefficient (Wildman–Crippen LogP) is -0.461. The Bertz CT molecular complexity index is 421. The van der Waals surface area contributed by atoms with Crippen molar-refractivity contribution in [2.24, 2.45) is 4.99 Å². The number of hydrogen-bond acceptors (Lipinski definition) is 5. The number of nitrogens with one attached hydrogen (secondary N) is 3. The highest BCUT2D eigenvalue weighted by Gasteiger charge is 2.25. The third-order valence-corrected chi connectivity index (χ3v) is 3.68. The topological polar surface area (TPSA) is 98.2 Å². The fourth-order valence-electron chi connectivity index (χ4n) is 2.57. The molecule has 0 bridgehead atoms. The van der Waals surface area contributed by atoms with Crippen LogP contribution in [0.25, 0.3) is 0 Å². The van der Waals surface area contributed by atoms with E-state index in [9.17, 15) is 9.90 Å². The maximum atomic E-state index is 11.7. The molecule has 1 heterocycles. The van der Waals surface area contributed by atoms with Crippen molar-refractivity contribution >= 4 is 11.9 Å². The normalized spacial score (nSPS) is 18.7. The van der Waals surface area contributed by atoms with Crippen LogP contribution in [0.1, 0.15) is 34.1 Å². The molecule has 0 aromatic carbocycles. The van der Waals surface area contributed by atoms with Gasteiger partial charge in [-0.05, 0) is 27.7 Å². The molecule has 1 atom stereocenters. The zero-order chi connectivity index (χ0) is 18.7. The van der Waals surface area contributed by atoms with E-state index in [1.807, 2.05) is 20.8 Å². The molecule has 1 aliphatic rings. The molecule has 0 aromatic rings. The Balaban J connectivity index is 2.42. The minimum absolute atomic E-state index is 0.0117. The van der Waals surface area contributed by atoms with Gasteiger partial charge in [-0.3, -0.25) is 14.7 Å². The summed E-state index contributed by atoms with van der Waals surface area (Å²) >= 11 is 0. The zero-order valence-corrected chi connectivity index (χ0v) is 16.1. The second-order valence-corrected chi connectivity index (χ2v) is 6.98. The van der Waals surface area contributed by atoms with E-state index in [4.69, 9.17) is 4.74 Å². The van der Waals surface area contributed by atoms with Crippen molar-refractivity contribution in [1.29, 1.82) is 0 Å². The lowest BCUT2D eigenvalue weighted by Gasteiger charge is -2.33. The molecule has 0 spiro atoms. The van der Waals surface area contributed by atoms with Gasteiger partial charge in [0.2, 0.25) is 5.91 Å². The lowest BCUT2D eigenvalue weighted by Crippen LogP contribution is -2.48. The number of hydrogen-bond donors (Lipinski definition) is 4. The van der Waals surface area contributed by atoms with E-state index in [1.54, 1.807) is 6.92 Å². The molecule has 8 nitrogen and oxygen atoms in total. The monoisotopic (exact) mass is 357 g/mol. The third-order valence-electron chi connectivity index (χ3n) is 3.68. The summed E-state index contributed by atoms with van der Waals surface area (Å²) in [5.74, 6) is 0.625. The first kappa shape index (κ1) is 21.7. The molecule has 1 aliphatic heterocycles. The summed E-state index contributed by atoms with van der Waals surface area (Å²) in [4.78, 5) is 18.3. The number of ether oxygens (including phenoxy) is 1. The summed E-state index contributed by atoms with van der Waals surface area (Å²) in [5, 5.41) is 19.7. The highest BCUT2D eigenvalue weighted by molar-refractivity contribution is 5.81. The first-order chi connectivity index (χ1) is 11.8. The molecule has 25 heavy (non-hydrogen) atoms. The molecule has 0 aliphatic carbocycles. The molecule has 0 aromatic heterocycles. The largest absolute Gasteiger partial charge is 0.387 e. The number of rotatable bonds is 9. The molecular weight excluding hydrogens is 322 g/mol. The van der Waals surface area contributed by atoms with Crippen LogP contribution in [-0.4, -0.2) is 86.0 Å². The minimum Gasteiger partial charge on any atom is -0.387 e. The van der Waals surface area contributed by atoms with Crippen molar-refractivity contribution in [3.05, 3.63) is 0 Å². The molecule has 1 amide bonds. The Morgan fingerprint density at radius 1 is 1.32 bits per heavy atom. The maximum Gasteiger partial charge on any atom is 0.221 e. The number of morpholine rings is 1. The smallest absolute Gasteiger partial charge is 0.221 e. The number of guanidine groups is 1. The summed E-state index contributed by atoms with van der Waals surface area (Å²) in [6.07, 6.45) is 0.382. The van der Waals surface area contributed by atoms with Gasteiger partial charge in [0.05, 0.1) is 25.4 Å². The summed E-state index contributed by atoms with van der Waals surface area (Å²) < 4.78 is 5.33. The van der Waals surface area contributed by atoms with Crippen molar-refractivity contribution in [1.82, 2.24) is 20.9 Å². The van der Waals surface area contributed by atoms with Gasteiger partial charge in [-0.15, -0.1) is 0 Å². The van der Waals surface area contributed by atoms with E-state index in [0.717, 1.165) is 19.6 Å². The summed E-state index contributed by atoms with van der Waals surface area (Å²) in [6, 6.07) is 0.143. The van der Waals surface area contributed by atoms with Crippen LogP contribution in [0.3, 0.4) is 0 Å². The van der Waals surface area contributed by atoms with Gasteiger partial charge in [0.25, 0.3) is 0 Å². The highest BCUT2D eigenvalue weighted by Crippen LogP contribution is 2.09. The van der Waals surface area contributed by atoms with Crippen LogP contribution < -0.4 is 16.0 Å². The number of carbonyl (C=O) groups is 1. The van der Waals surface area contributed by atoms with Gasteiger partial charge >= 0.3 is 0 Å². The van der Waals surface area contributed by atoms with Gasteiger partial charge in [-0.2, -0.15) is 0 Å². The molecule has 4 N–H and O–H groups in total. The second-order valence-electron chi connectivity index (χ2n) is 6.98. The number of aliphatic hydroxyl groups is 1. The number of aliphatic imine (C=N–C) groups is 1. The lowest BCUT2D eigenvalue weighted by molar-refractivity contribution is -0.121. The molecule has 0 radical (unpaired) electrons. The lowest BCUT2D eigenvalue weighted by atomic mass is 10.1. The third kappa shape index (κ3) is 10.3. The molecule has 0 saturated carbocycles. The van der Waals surface area contributed by atoms with Crippen molar-refractivity contribution in [3.8, 4) is 0 Å².